The Labute approximate surface area is 127 Å². The fourth-order valence-electron chi connectivity index (χ4n) is 1.73. The van der Waals surface area contributed by atoms with Gasteiger partial charge in [-0.15, -0.1) is 0 Å². The van der Waals surface area contributed by atoms with Gasteiger partial charge in [0, 0.05) is 10.0 Å². The summed E-state index contributed by atoms with van der Waals surface area (Å²) in [6, 6.07) is 17.3. The van der Waals surface area contributed by atoms with Crippen LogP contribution in [-0.4, -0.2) is 19.0 Å². The summed E-state index contributed by atoms with van der Waals surface area (Å²) in [5.41, 5.74) is 1.77. The van der Waals surface area contributed by atoms with Crippen LogP contribution in [0.15, 0.2) is 65.1 Å². The zero-order valence-corrected chi connectivity index (χ0v) is 12.5. The molecule has 0 aliphatic heterocycles. The second kappa shape index (κ2) is 7.78. The molecule has 0 fully saturated rings. The van der Waals surface area contributed by atoms with E-state index in [4.69, 9.17) is 4.74 Å². The van der Waals surface area contributed by atoms with E-state index in [-0.39, 0.29) is 12.4 Å². The molecule has 0 saturated carbocycles. The van der Waals surface area contributed by atoms with E-state index in [1.807, 2.05) is 60.7 Å². The van der Waals surface area contributed by atoms with E-state index in [2.05, 4.69) is 15.9 Å². The zero-order valence-electron chi connectivity index (χ0n) is 11.0. The van der Waals surface area contributed by atoms with E-state index in [1.165, 1.54) is 0 Å². The molecule has 0 saturated heterocycles. The van der Waals surface area contributed by atoms with Crippen molar-refractivity contribution in [3.05, 3.63) is 76.3 Å². The van der Waals surface area contributed by atoms with Gasteiger partial charge in [-0.1, -0.05) is 76.6 Å². The molecule has 3 heteroatoms. The number of carbonyl (C=O) groups excluding carboxylic acids is 1. The highest BCUT2D eigenvalue weighted by molar-refractivity contribution is 9.10. The summed E-state index contributed by atoms with van der Waals surface area (Å²) < 4.78 is 6.17. The van der Waals surface area contributed by atoms with Crippen LogP contribution in [0.1, 0.15) is 15.9 Å². The summed E-state index contributed by atoms with van der Waals surface area (Å²) >= 11 is 3.36. The Morgan fingerprint density at radius 2 is 1.75 bits per heavy atom. The van der Waals surface area contributed by atoms with E-state index in [9.17, 15) is 4.79 Å². The Morgan fingerprint density at radius 1 is 1.05 bits per heavy atom. The molecular weight excluding hydrogens is 316 g/mol. The molecule has 0 aliphatic rings. The minimum absolute atomic E-state index is 0.0226. The van der Waals surface area contributed by atoms with Crippen LogP contribution in [-0.2, 0) is 4.74 Å². The minimum Gasteiger partial charge on any atom is -0.369 e. The highest BCUT2D eigenvalue weighted by Crippen LogP contribution is 2.16. The zero-order chi connectivity index (χ0) is 14.2. The fraction of sp³-hybridized carbons (Fsp3) is 0.118. The van der Waals surface area contributed by atoms with Crippen molar-refractivity contribution >= 4 is 27.8 Å². The number of ether oxygens (including phenoxy) is 1. The number of ketones is 1. The molecule has 102 valence electrons. The summed E-state index contributed by atoms with van der Waals surface area (Å²) in [5, 5.41) is 0. The molecule has 2 rings (SSSR count). The van der Waals surface area contributed by atoms with Crippen LogP contribution in [0.3, 0.4) is 0 Å². The van der Waals surface area contributed by atoms with E-state index in [0.717, 1.165) is 10.0 Å². The monoisotopic (exact) mass is 330 g/mol. The van der Waals surface area contributed by atoms with Gasteiger partial charge >= 0.3 is 0 Å². The second-order valence-electron chi connectivity index (χ2n) is 4.23. The van der Waals surface area contributed by atoms with Crippen molar-refractivity contribution in [2.75, 3.05) is 13.2 Å². The highest BCUT2D eigenvalue weighted by Gasteiger charge is 2.08. The first-order chi connectivity index (χ1) is 9.77. The summed E-state index contributed by atoms with van der Waals surface area (Å²) in [7, 11) is 0. The Bertz CT molecular complexity index is 591. The number of benzene rings is 2. The Balaban J connectivity index is 1.78. The molecule has 0 bridgehead atoms. The van der Waals surface area contributed by atoms with E-state index in [1.54, 1.807) is 6.07 Å². The van der Waals surface area contributed by atoms with Crippen LogP contribution >= 0.6 is 15.9 Å². The van der Waals surface area contributed by atoms with Crippen LogP contribution in [0.4, 0.5) is 0 Å². The van der Waals surface area contributed by atoms with Crippen molar-refractivity contribution in [2.24, 2.45) is 0 Å². The maximum Gasteiger partial charge on any atom is 0.189 e. The molecule has 0 N–H and O–H groups in total. The van der Waals surface area contributed by atoms with Gasteiger partial charge < -0.3 is 4.74 Å². The van der Waals surface area contributed by atoms with Crippen LogP contribution in [0.2, 0.25) is 0 Å². The molecule has 2 nitrogen and oxygen atoms in total. The first-order valence-corrected chi connectivity index (χ1v) is 7.14. The third-order valence-corrected chi connectivity index (χ3v) is 3.42. The van der Waals surface area contributed by atoms with Crippen molar-refractivity contribution < 1.29 is 9.53 Å². The number of hydrogen-bond acceptors (Lipinski definition) is 2. The quantitative estimate of drug-likeness (QED) is 0.581. The standard InChI is InChI=1S/C17H15BrO2/c18-16-11-5-4-10-15(16)17(19)13-20-12-6-9-14-7-2-1-3-8-14/h1-11H,12-13H2. The Morgan fingerprint density at radius 3 is 2.50 bits per heavy atom. The lowest BCUT2D eigenvalue weighted by Crippen LogP contribution is -2.09. The first-order valence-electron chi connectivity index (χ1n) is 6.34. The highest BCUT2D eigenvalue weighted by atomic mass is 79.9. The van der Waals surface area contributed by atoms with Crippen molar-refractivity contribution in [1.82, 2.24) is 0 Å². The average Bonchev–Trinajstić information content (AvgIpc) is 2.48. The molecule has 2 aromatic rings. The molecule has 0 heterocycles. The van der Waals surface area contributed by atoms with Crippen LogP contribution in [0, 0.1) is 0 Å². The lowest BCUT2D eigenvalue weighted by Gasteiger charge is -2.03. The van der Waals surface area contributed by atoms with Crippen LogP contribution in [0.25, 0.3) is 6.08 Å². The first kappa shape index (κ1) is 14.7. The molecule has 0 aliphatic carbocycles. The van der Waals surface area contributed by atoms with Crippen molar-refractivity contribution in [1.29, 1.82) is 0 Å². The van der Waals surface area contributed by atoms with Crippen molar-refractivity contribution in [3.63, 3.8) is 0 Å². The summed E-state index contributed by atoms with van der Waals surface area (Å²) in [6.07, 6.45) is 3.88. The molecule has 0 spiro atoms. The number of carbonyl (C=O) groups is 1. The predicted molar refractivity (Wildman–Crippen MR) is 84.8 cm³/mol. The van der Waals surface area contributed by atoms with Crippen molar-refractivity contribution in [3.8, 4) is 0 Å². The minimum atomic E-state index is -0.0226. The van der Waals surface area contributed by atoms with Gasteiger partial charge in [-0.05, 0) is 11.6 Å². The lowest BCUT2D eigenvalue weighted by molar-refractivity contribution is 0.0806. The number of halogens is 1. The Kier molecular flexibility index (Phi) is 5.71. The topological polar surface area (TPSA) is 26.3 Å². The average molecular weight is 331 g/mol. The maximum atomic E-state index is 11.9. The van der Waals surface area contributed by atoms with Crippen LogP contribution < -0.4 is 0 Å². The molecule has 0 radical (unpaired) electrons. The van der Waals surface area contributed by atoms with Gasteiger partial charge in [-0.25, -0.2) is 0 Å². The molecule has 20 heavy (non-hydrogen) atoms. The molecule has 0 aromatic heterocycles. The molecule has 0 amide bonds. The number of rotatable bonds is 6. The number of Topliss-reactive ketones (excluding diaryl/α,β-unsaturated/α-hetero) is 1. The predicted octanol–water partition coefficient (Wildman–Crippen LogP) is 4.36. The molecule has 2 aromatic carbocycles. The van der Waals surface area contributed by atoms with Gasteiger partial charge in [0.25, 0.3) is 0 Å². The van der Waals surface area contributed by atoms with Crippen LogP contribution in [0.5, 0.6) is 0 Å². The Hall–Kier alpha value is -1.71. The van der Waals surface area contributed by atoms with Gasteiger partial charge in [-0.3, -0.25) is 4.79 Å². The van der Waals surface area contributed by atoms with Gasteiger partial charge in [0.2, 0.25) is 0 Å². The lowest BCUT2D eigenvalue weighted by atomic mass is 10.1. The van der Waals surface area contributed by atoms with Gasteiger partial charge in [0.1, 0.15) is 6.61 Å². The second-order valence-corrected chi connectivity index (χ2v) is 5.09. The maximum absolute atomic E-state index is 11.9. The summed E-state index contributed by atoms with van der Waals surface area (Å²) in [4.78, 5) is 11.9. The summed E-state index contributed by atoms with van der Waals surface area (Å²) in [5.74, 6) is -0.0226. The SMILES string of the molecule is O=C(COCC=Cc1ccccc1)c1ccccc1Br. The van der Waals surface area contributed by atoms with Crippen molar-refractivity contribution in [2.45, 2.75) is 0 Å². The third-order valence-electron chi connectivity index (χ3n) is 2.73. The van der Waals surface area contributed by atoms with Gasteiger partial charge in [0.15, 0.2) is 5.78 Å². The smallest absolute Gasteiger partial charge is 0.189 e. The number of hydrogen-bond donors (Lipinski definition) is 0. The van der Waals surface area contributed by atoms with Gasteiger partial charge in [-0.2, -0.15) is 0 Å². The van der Waals surface area contributed by atoms with E-state index >= 15 is 0 Å². The fourth-order valence-corrected chi connectivity index (χ4v) is 2.24. The largest absolute Gasteiger partial charge is 0.369 e. The molecular formula is C17H15BrO2. The van der Waals surface area contributed by atoms with E-state index in [0.29, 0.717) is 12.2 Å². The summed E-state index contributed by atoms with van der Waals surface area (Å²) in [6.45, 7) is 0.507. The normalized spacial score (nSPS) is 10.8. The van der Waals surface area contributed by atoms with E-state index < -0.39 is 0 Å². The molecule has 0 unspecified atom stereocenters. The third kappa shape index (κ3) is 4.44. The molecule has 0 atom stereocenters. The van der Waals surface area contributed by atoms with Gasteiger partial charge in [0.05, 0.1) is 6.61 Å².